The molecule has 1 aromatic heterocycles. The monoisotopic (exact) mass is 499 g/mol. The predicted molar refractivity (Wildman–Crippen MR) is 148 cm³/mol. The maximum atomic E-state index is 9.56. The number of nitrogens with zero attached hydrogens (tertiary/aromatic N) is 3. The summed E-state index contributed by atoms with van der Waals surface area (Å²) >= 11 is 0. The van der Waals surface area contributed by atoms with Crippen molar-refractivity contribution in [1.29, 1.82) is 10.5 Å². The Balaban J connectivity index is 1.36. The molecule has 178 valence electrons. The van der Waals surface area contributed by atoms with Gasteiger partial charge in [0.15, 0.2) is 0 Å². The fourth-order valence-electron chi connectivity index (χ4n) is 6.37. The van der Waals surface area contributed by atoms with Crippen LogP contribution in [0.1, 0.15) is 11.1 Å². The number of hydrogen-bond acceptors (Lipinski definition) is 5. The number of fused-ring (bicyclic) bond motifs is 3. The molecule has 3 aliphatic rings. The molecular weight excluding hydrogens is 485 g/mol. The van der Waals surface area contributed by atoms with Crippen molar-refractivity contribution >= 4 is 44.9 Å². The molecule has 0 unspecified atom stereocenters. The van der Waals surface area contributed by atoms with Crippen molar-refractivity contribution in [2.45, 2.75) is 0 Å². The molecule has 0 radical (unpaired) electrons. The molecule has 4 heterocycles. The molecule has 0 amide bonds. The van der Waals surface area contributed by atoms with Crippen LogP contribution in [0.3, 0.4) is 0 Å². The molecule has 0 saturated carbocycles. The predicted octanol–water partition coefficient (Wildman–Crippen LogP) is 5.36. The van der Waals surface area contributed by atoms with Crippen molar-refractivity contribution in [2.24, 2.45) is 0 Å². The minimum absolute atomic E-state index is 0.0489. The van der Waals surface area contributed by atoms with Crippen LogP contribution < -0.4 is 30.6 Å². The molecule has 0 N–H and O–H groups in total. The van der Waals surface area contributed by atoms with Crippen LogP contribution in [-0.4, -0.2) is 11.3 Å². The van der Waals surface area contributed by atoms with Crippen LogP contribution >= 0.6 is 0 Å². The molecule has 0 atom stereocenters. The summed E-state index contributed by atoms with van der Waals surface area (Å²) in [6.45, 7) is -0.0489. The Morgan fingerprint density at radius 1 is 0.538 bits per heavy atom. The van der Waals surface area contributed by atoms with Gasteiger partial charge in [0.2, 0.25) is 0 Å². The molecule has 0 aliphatic carbocycles. The second-order valence-electron chi connectivity index (χ2n) is 9.95. The SMILES string of the molecule is N#Cc1ccc2c(c1)c1cc(C#N)ccc1n2-c1cc2c3c(c1)Oc1cccc4c1B3c1c(cccc1O2)O4. The second-order valence-corrected chi connectivity index (χ2v) is 9.95. The number of benzene rings is 5. The topological polar surface area (TPSA) is 80.2 Å². The van der Waals surface area contributed by atoms with E-state index in [-0.39, 0.29) is 6.71 Å². The smallest absolute Gasteiger partial charge is 0.270 e. The van der Waals surface area contributed by atoms with E-state index in [4.69, 9.17) is 14.2 Å². The van der Waals surface area contributed by atoms with Gasteiger partial charge in [0.25, 0.3) is 6.71 Å². The summed E-state index contributed by atoms with van der Waals surface area (Å²) < 4.78 is 21.4. The Hall–Kier alpha value is -5.66. The summed E-state index contributed by atoms with van der Waals surface area (Å²) in [5.74, 6) is 4.61. The third kappa shape index (κ3) is 2.54. The van der Waals surface area contributed by atoms with Gasteiger partial charge in [0.1, 0.15) is 34.5 Å². The molecular formula is C32H14BN3O3. The van der Waals surface area contributed by atoms with Gasteiger partial charge in [-0.3, -0.25) is 0 Å². The average molecular weight is 499 g/mol. The highest BCUT2D eigenvalue weighted by atomic mass is 16.5. The number of nitriles is 2. The van der Waals surface area contributed by atoms with Crippen LogP contribution in [0.2, 0.25) is 0 Å². The van der Waals surface area contributed by atoms with Crippen LogP contribution in [-0.2, 0) is 0 Å². The molecule has 6 aromatic rings. The van der Waals surface area contributed by atoms with Crippen LogP contribution in [0.25, 0.3) is 27.5 Å². The summed E-state index contributed by atoms with van der Waals surface area (Å²) in [6.07, 6.45) is 0. The van der Waals surface area contributed by atoms with Gasteiger partial charge in [-0.15, -0.1) is 0 Å². The van der Waals surface area contributed by atoms with Crippen molar-refractivity contribution in [1.82, 2.24) is 4.57 Å². The van der Waals surface area contributed by atoms with E-state index in [1.165, 1.54) is 0 Å². The molecule has 6 nitrogen and oxygen atoms in total. The summed E-state index contributed by atoms with van der Waals surface area (Å²) in [6, 6.07) is 31.7. The van der Waals surface area contributed by atoms with Crippen molar-refractivity contribution in [2.75, 3.05) is 0 Å². The van der Waals surface area contributed by atoms with E-state index < -0.39 is 0 Å². The summed E-state index contributed by atoms with van der Waals surface area (Å²) in [5, 5.41) is 20.9. The number of rotatable bonds is 1. The maximum Gasteiger partial charge on any atom is 0.270 e. The van der Waals surface area contributed by atoms with Crippen LogP contribution in [0, 0.1) is 22.7 Å². The van der Waals surface area contributed by atoms with Crippen molar-refractivity contribution in [3.8, 4) is 52.3 Å². The lowest BCUT2D eigenvalue weighted by molar-refractivity contribution is 0.442. The van der Waals surface area contributed by atoms with Gasteiger partial charge in [-0.1, -0.05) is 12.1 Å². The number of aromatic nitrogens is 1. The van der Waals surface area contributed by atoms with E-state index in [0.29, 0.717) is 11.1 Å². The quantitative estimate of drug-likeness (QED) is 0.284. The van der Waals surface area contributed by atoms with Crippen LogP contribution in [0.5, 0.6) is 34.5 Å². The first-order valence-corrected chi connectivity index (χ1v) is 12.6. The van der Waals surface area contributed by atoms with E-state index >= 15 is 0 Å². The largest absolute Gasteiger partial charge is 0.458 e. The molecule has 0 bridgehead atoms. The highest BCUT2D eigenvalue weighted by molar-refractivity contribution is 6.99. The fraction of sp³-hybridized carbons (Fsp3) is 0. The van der Waals surface area contributed by atoms with Crippen LogP contribution in [0.15, 0.2) is 84.9 Å². The molecule has 7 heteroatoms. The Morgan fingerprint density at radius 3 is 1.44 bits per heavy atom. The van der Waals surface area contributed by atoms with E-state index in [0.717, 1.165) is 78.4 Å². The maximum absolute atomic E-state index is 9.56. The molecule has 0 fully saturated rings. The molecule has 39 heavy (non-hydrogen) atoms. The van der Waals surface area contributed by atoms with Gasteiger partial charge in [-0.2, -0.15) is 10.5 Å². The standard InChI is InChI=1S/C32H14BN3O3/c34-15-17-7-9-22-20(11-17)21-12-18(16-35)8-10-23(21)36(22)19-13-28-32-29(14-19)39-27-6-2-4-25-31(27)33(32)30-24(37-25)3-1-5-26(30)38-28/h1-14H. The fourth-order valence-corrected chi connectivity index (χ4v) is 6.37. The summed E-state index contributed by atoms with van der Waals surface area (Å²) in [5.41, 5.74) is 6.87. The zero-order chi connectivity index (χ0) is 25.8. The van der Waals surface area contributed by atoms with E-state index in [1.54, 1.807) is 0 Å². The third-order valence-electron chi connectivity index (χ3n) is 7.95. The summed E-state index contributed by atoms with van der Waals surface area (Å²) in [4.78, 5) is 0. The molecule has 3 aliphatic heterocycles. The van der Waals surface area contributed by atoms with Gasteiger partial charge in [-0.25, -0.2) is 0 Å². The highest BCUT2D eigenvalue weighted by Crippen LogP contribution is 2.43. The molecule has 0 spiro atoms. The lowest BCUT2D eigenvalue weighted by Gasteiger charge is -2.37. The Bertz CT molecular complexity index is 2050. The first kappa shape index (κ1) is 20.4. The first-order chi connectivity index (χ1) is 19.2. The van der Waals surface area contributed by atoms with E-state index in [9.17, 15) is 10.5 Å². The van der Waals surface area contributed by atoms with Gasteiger partial charge < -0.3 is 18.8 Å². The first-order valence-electron chi connectivity index (χ1n) is 12.6. The van der Waals surface area contributed by atoms with Crippen LogP contribution in [0.4, 0.5) is 0 Å². The highest BCUT2D eigenvalue weighted by Gasteiger charge is 2.46. The zero-order valence-corrected chi connectivity index (χ0v) is 20.2. The molecule has 5 aromatic carbocycles. The number of hydrogen-bond donors (Lipinski definition) is 0. The zero-order valence-electron chi connectivity index (χ0n) is 20.2. The molecule has 0 saturated heterocycles. The molecule has 9 rings (SSSR count). The van der Waals surface area contributed by atoms with Gasteiger partial charge in [0, 0.05) is 39.3 Å². The number of ether oxygens (including phenoxy) is 3. The Morgan fingerprint density at radius 2 is 0.974 bits per heavy atom. The Kier molecular flexibility index (Phi) is 3.67. The van der Waals surface area contributed by atoms with E-state index in [1.807, 2.05) is 72.8 Å². The van der Waals surface area contributed by atoms with E-state index in [2.05, 4.69) is 28.8 Å². The minimum atomic E-state index is -0.0489. The normalized spacial score (nSPS) is 13.1. The van der Waals surface area contributed by atoms with Crippen molar-refractivity contribution in [3.05, 3.63) is 96.1 Å². The minimum Gasteiger partial charge on any atom is -0.458 e. The van der Waals surface area contributed by atoms with Gasteiger partial charge >= 0.3 is 0 Å². The van der Waals surface area contributed by atoms with Crippen molar-refractivity contribution in [3.63, 3.8) is 0 Å². The Labute approximate surface area is 222 Å². The lowest BCUT2D eigenvalue weighted by atomic mass is 9.34. The lowest BCUT2D eigenvalue weighted by Crippen LogP contribution is -2.59. The second kappa shape index (κ2) is 7.01. The van der Waals surface area contributed by atoms with Gasteiger partial charge in [-0.05, 0) is 60.7 Å². The third-order valence-corrected chi connectivity index (χ3v) is 7.95. The van der Waals surface area contributed by atoms with Crippen molar-refractivity contribution < 1.29 is 14.2 Å². The average Bonchev–Trinajstić information content (AvgIpc) is 3.29. The van der Waals surface area contributed by atoms with Gasteiger partial charge in [0.05, 0.1) is 40.0 Å². The summed E-state index contributed by atoms with van der Waals surface area (Å²) in [7, 11) is 0.